The summed E-state index contributed by atoms with van der Waals surface area (Å²) in [5.74, 6) is 0.0770. The van der Waals surface area contributed by atoms with Crippen molar-refractivity contribution in [1.82, 2.24) is 25.0 Å². The summed E-state index contributed by atoms with van der Waals surface area (Å²) in [5.41, 5.74) is 2.48. The molecule has 2 heterocycles. The molecule has 124 valence electrons. The van der Waals surface area contributed by atoms with E-state index in [1.54, 1.807) is 30.1 Å². The van der Waals surface area contributed by atoms with Crippen molar-refractivity contribution in [3.63, 3.8) is 0 Å². The Morgan fingerprint density at radius 1 is 1.12 bits per heavy atom. The van der Waals surface area contributed by atoms with Gasteiger partial charge in [0.25, 0.3) is 0 Å². The quantitative estimate of drug-likeness (QED) is 0.563. The lowest BCUT2D eigenvalue weighted by atomic mass is 10.3. The van der Waals surface area contributed by atoms with E-state index in [1.165, 1.54) is 16.8 Å². The third kappa shape index (κ3) is 3.16. The summed E-state index contributed by atoms with van der Waals surface area (Å²) in [7, 11) is 0. The Morgan fingerprint density at radius 3 is 2.84 bits per heavy atom. The molecule has 0 aliphatic heterocycles. The summed E-state index contributed by atoms with van der Waals surface area (Å²) < 4.78 is 15.0. The van der Waals surface area contributed by atoms with Crippen molar-refractivity contribution in [1.29, 1.82) is 0 Å². The third-order valence-electron chi connectivity index (χ3n) is 3.57. The van der Waals surface area contributed by atoms with Gasteiger partial charge >= 0.3 is 0 Å². The summed E-state index contributed by atoms with van der Waals surface area (Å²) in [6.07, 6.45) is 3.61. The first-order chi connectivity index (χ1) is 12.2. The van der Waals surface area contributed by atoms with Crippen LogP contribution in [0.2, 0.25) is 0 Å². The Balaban J connectivity index is 1.73. The summed E-state index contributed by atoms with van der Waals surface area (Å²) >= 11 is 1.66. The largest absolute Gasteiger partial charge is 0.324 e. The third-order valence-corrected chi connectivity index (χ3v) is 4.30. The van der Waals surface area contributed by atoms with Crippen LogP contribution in [0.5, 0.6) is 0 Å². The highest BCUT2D eigenvalue weighted by Gasteiger charge is 2.11. The Hall–Kier alpha value is -3.00. The minimum atomic E-state index is -0.345. The van der Waals surface area contributed by atoms with E-state index in [-0.39, 0.29) is 5.82 Å². The van der Waals surface area contributed by atoms with Crippen LogP contribution in [0.4, 0.5) is 16.0 Å². The first-order valence-corrected chi connectivity index (χ1v) is 8.71. The standard InChI is InChI=1S/C17H13FN6S/c1-25-14-7-3-5-12(9-14)20-17-19-10-15-16(21-17)24(23-22-15)13-6-2-4-11(18)8-13/h2-10H,1H3,(H,19,20,21). The van der Waals surface area contributed by atoms with Crippen molar-refractivity contribution >= 4 is 34.6 Å². The van der Waals surface area contributed by atoms with Gasteiger partial charge in [0.2, 0.25) is 5.95 Å². The summed E-state index contributed by atoms with van der Waals surface area (Å²) in [6, 6.07) is 14.1. The molecule has 2 aromatic carbocycles. The van der Waals surface area contributed by atoms with Crippen LogP contribution in [-0.4, -0.2) is 31.2 Å². The second-order valence-corrected chi connectivity index (χ2v) is 6.12. The van der Waals surface area contributed by atoms with Crippen LogP contribution < -0.4 is 5.32 Å². The van der Waals surface area contributed by atoms with Gasteiger partial charge in [-0.15, -0.1) is 16.9 Å². The smallest absolute Gasteiger partial charge is 0.229 e. The van der Waals surface area contributed by atoms with Crippen LogP contribution in [0.3, 0.4) is 0 Å². The van der Waals surface area contributed by atoms with E-state index in [0.717, 1.165) is 10.6 Å². The normalized spacial score (nSPS) is 11.0. The molecule has 0 atom stereocenters. The molecule has 8 heteroatoms. The maximum Gasteiger partial charge on any atom is 0.229 e. The number of hydrogen-bond acceptors (Lipinski definition) is 6. The molecule has 0 amide bonds. The van der Waals surface area contributed by atoms with Crippen molar-refractivity contribution < 1.29 is 4.39 Å². The minimum Gasteiger partial charge on any atom is -0.324 e. The Kier molecular flexibility index (Phi) is 4.02. The van der Waals surface area contributed by atoms with Crippen LogP contribution >= 0.6 is 11.8 Å². The molecular formula is C17H13FN6S. The topological polar surface area (TPSA) is 68.5 Å². The van der Waals surface area contributed by atoms with Gasteiger partial charge in [-0.2, -0.15) is 9.67 Å². The van der Waals surface area contributed by atoms with Gasteiger partial charge in [0.1, 0.15) is 5.82 Å². The van der Waals surface area contributed by atoms with Gasteiger partial charge < -0.3 is 5.32 Å². The highest BCUT2D eigenvalue weighted by atomic mass is 32.2. The number of nitrogens with zero attached hydrogens (tertiary/aromatic N) is 5. The van der Waals surface area contributed by atoms with E-state index in [4.69, 9.17) is 0 Å². The molecule has 1 N–H and O–H groups in total. The first kappa shape index (κ1) is 15.5. The zero-order valence-electron chi connectivity index (χ0n) is 13.2. The number of fused-ring (bicyclic) bond motifs is 1. The molecule has 25 heavy (non-hydrogen) atoms. The maximum absolute atomic E-state index is 13.5. The molecule has 0 unspecified atom stereocenters. The predicted molar refractivity (Wildman–Crippen MR) is 95.9 cm³/mol. The van der Waals surface area contributed by atoms with Crippen molar-refractivity contribution in [2.24, 2.45) is 0 Å². The number of thioether (sulfide) groups is 1. The lowest BCUT2D eigenvalue weighted by Gasteiger charge is -2.06. The summed E-state index contributed by atoms with van der Waals surface area (Å²) in [6.45, 7) is 0. The van der Waals surface area contributed by atoms with Crippen molar-refractivity contribution in [3.8, 4) is 5.69 Å². The number of hydrogen-bond donors (Lipinski definition) is 1. The monoisotopic (exact) mass is 352 g/mol. The molecule has 0 radical (unpaired) electrons. The molecule has 6 nitrogen and oxygen atoms in total. The molecule has 4 aromatic rings. The van der Waals surface area contributed by atoms with Crippen LogP contribution in [-0.2, 0) is 0 Å². The molecule has 0 aliphatic rings. The number of rotatable bonds is 4. The molecule has 4 rings (SSSR count). The molecule has 0 fully saturated rings. The van der Waals surface area contributed by atoms with Gasteiger partial charge in [0, 0.05) is 10.6 Å². The average Bonchev–Trinajstić information content (AvgIpc) is 3.05. The van der Waals surface area contributed by atoms with E-state index in [1.807, 2.05) is 30.5 Å². The number of aromatic nitrogens is 5. The zero-order chi connectivity index (χ0) is 17.2. The second kappa shape index (κ2) is 6.48. The number of benzene rings is 2. The lowest BCUT2D eigenvalue weighted by molar-refractivity contribution is 0.625. The Morgan fingerprint density at radius 2 is 2.00 bits per heavy atom. The zero-order valence-corrected chi connectivity index (χ0v) is 14.0. The first-order valence-electron chi connectivity index (χ1n) is 7.48. The van der Waals surface area contributed by atoms with E-state index in [2.05, 4.69) is 25.6 Å². The van der Waals surface area contributed by atoms with Gasteiger partial charge in [0.15, 0.2) is 11.2 Å². The van der Waals surface area contributed by atoms with Gasteiger partial charge in [-0.05, 0) is 42.7 Å². The molecular weight excluding hydrogens is 339 g/mol. The molecule has 0 saturated carbocycles. The van der Waals surface area contributed by atoms with Crippen LogP contribution in [0, 0.1) is 5.82 Å². The molecule has 0 spiro atoms. The van der Waals surface area contributed by atoms with E-state index in [0.29, 0.717) is 22.8 Å². The van der Waals surface area contributed by atoms with Crippen molar-refractivity contribution in [3.05, 3.63) is 60.5 Å². The van der Waals surface area contributed by atoms with Gasteiger partial charge in [-0.1, -0.05) is 17.3 Å². The number of anilines is 2. The highest BCUT2D eigenvalue weighted by molar-refractivity contribution is 7.98. The summed E-state index contributed by atoms with van der Waals surface area (Å²) in [4.78, 5) is 9.88. The molecule has 2 aromatic heterocycles. The van der Waals surface area contributed by atoms with Crippen molar-refractivity contribution in [2.75, 3.05) is 11.6 Å². The number of halogens is 1. The van der Waals surface area contributed by atoms with Gasteiger partial charge in [-0.3, -0.25) is 0 Å². The van der Waals surface area contributed by atoms with Gasteiger partial charge in [0.05, 0.1) is 11.9 Å². The predicted octanol–water partition coefficient (Wildman–Crippen LogP) is 3.82. The van der Waals surface area contributed by atoms with Crippen LogP contribution in [0.15, 0.2) is 59.6 Å². The maximum atomic E-state index is 13.5. The van der Waals surface area contributed by atoms with E-state index in [9.17, 15) is 4.39 Å². The fraction of sp³-hybridized carbons (Fsp3) is 0.0588. The van der Waals surface area contributed by atoms with Crippen LogP contribution in [0.1, 0.15) is 0 Å². The lowest BCUT2D eigenvalue weighted by Crippen LogP contribution is -2.01. The SMILES string of the molecule is CSc1cccc(Nc2ncc3nnn(-c4cccc(F)c4)c3n2)c1. The van der Waals surface area contributed by atoms with E-state index < -0.39 is 0 Å². The fourth-order valence-electron chi connectivity index (χ4n) is 2.40. The number of nitrogens with one attached hydrogen (secondary N) is 1. The van der Waals surface area contributed by atoms with Crippen LogP contribution in [0.25, 0.3) is 16.9 Å². The van der Waals surface area contributed by atoms with E-state index >= 15 is 0 Å². The second-order valence-electron chi connectivity index (χ2n) is 5.24. The van der Waals surface area contributed by atoms with Crippen molar-refractivity contribution in [2.45, 2.75) is 4.90 Å². The Labute approximate surface area is 147 Å². The molecule has 0 aliphatic carbocycles. The summed E-state index contributed by atoms with van der Waals surface area (Å²) in [5, 5.41) is 11.3. The average molecular weight is 352 g/mol. The molecule has 0 saturated heterocycles. The van der Waals surface area contributed by atoms with Gasteiger partial charge in [-0.25, -0.2) is 9.37 Å². The molecule has 0 bridgehead atoms. The Bertz CT molecular complexity index is 1050. The highest BCUT2D eigenvalue weighted by Crippen LogP contribution is 2.22. The fourth-order valence-corrected chi connectivity index (χ4v) is 2.86. The minimum absolute atomic E-state index is 0.345.